The number of hydrogen-bond acceptors (Lipinski definition) is 2. The standard InChI is InChI=1S/C20H20FN3OS/c1-11-4-9-16(10-12(11)2)23-19(25)17-13(3)22-20(26)24-18(17)14-5-7-15(21)8-6-14/h4-10,18H,1-3H3,(H,23,25)(H2,22,24,26). The summed E-state index contributed by atoms with van der Waals surface area (Å²) < 4.78 is 13.3. The third-order valence-electron chi connectivity index (χ3n) is 4.48. The second-order valence-electron chi connectivity index (χ2n) is 6.37. The predicted octanol–water partition coefficient (Wildman–Crippen LogP) is 3.87. The molecule has 134 valence electrons. The molecule has 1 amide bonds. The lowest BCUT2D eigenvalue weighted by Crippen LogP contribution is -2.45. The van der Waals surface area contributed by atoms with Gasteiger partial charge in [-0.2, -0.15) is 0 Å². The fourth-order valence-corrected chi connectivity index (χ4v) is 3.19. The van der Waals surface area contributed by atoms with Crippen LogP contribution in [0.1, 0.15) is 29.7 Å². The molecule has 3 N–H and O–H groups in total. The van der Waals surface area contributed by atoms with Crippen molar-refractivity contribution in [3.05, 3.63) is 76.2 Å². The van der Waals surface area contributed by atoms with Crippen molar-refractivity contribution in [2.45, 2.75) is 26.8 Å². The van der Waals surface area contributed by atoms with Crippen LogP contribution in [0.15, 0.2) is 53.7 Å². The Kier molecular flexibility index (Phi) is 5.04. The zero-order chi connectivity index (χ0) is 18.8. The SMILES string of the molecule is CC1=C(C(=O)Nc2ccc(C)c(C)c2)C(c2ccc(F)cc2)NC(=S)N1. The molecule has 0 radical (unpaired) electrons. The van der Waals surface area contributed by atoms with E-state index in [4.69, 9.17) is 12.2 Å². The van der Waals surface area contributed by atoms with Crippen LogP contribution in [-0.4, -0.2) is 11.0 Å². The molecule has 0 saturated heterocycles. The van der Waals surface area contributed by atoms with Gasteiger partial charge in [-0.05, 0) is 73.9 Å². The largest absolute Gasteiger partial charge is 0.351 e. The van der Waals surface area contributed by atoms with Crippen LogP contribution in [0, 0.1) is 19.7 Å². The Morgan fingerprint density at radius 1 is 1.08 bits per heavy atom. The number of halogens is 1. The van der Waals surface area contributed by atoms with Crippen LogP contribution in [0.3, 0.4) is 0 Å². The number of aryl methyl sites for hydroxylation is 2. The van der Waals surface area contributed by atoms with Crippen molar-refractivity contribution in [2.75, 3.05) is 5.32 Å². The molecule has 0 aliphatic carbocycles. The summed E-state index contributed by atoms with van der Waals surface area (Å²) in [6, 6.07) is 11.4. The Morgan fingerprint density at radius 2 is 1.77 bits per heavy atom. The van der Waals surface area contributed by atoms with Crippen LogP contribution < -0.4 is 16.0 Å². The van der Waals surface area contributed by atoms with E-state index in [9.17, 15) is 9.18 Å². The minimum atomic E-state index is -0.448. The van der Waals surface area contributed by atoms with E-state index >= 15 is 0 Å². The molecule has 0 saturated carbocycles. The normalized spacial score (nSPS) is 16.8. The lowest BCUT2D eigenvalue weighted by molar-refractivity contribution is -0.113. The van der Waals surface area contributed by atoms with Gasteiger partial charge in [0.25, 0.3) is 5.91 Å². The predicted molar refractivity (Wildman–Crippen MR) is 105 cm³/mol. The van der Waals surface area contributed by atoms with Crippen molar-refractivity contribution in [3.8, 4) is 0 Å². The average Bonchev–Trinajstić information content (AvgIpc) is 2.58. The van der Waals surface area contributed by atoms with E-state index in [1.165, 1.54) is 12.1 Å². The number of thiocarbonyl (C=S) groups is 1. The first-order valence-corrected chi connectivity index (χ1v) is 8.68. The van der Waals surface area contributed by atoms with Crippen LogP contribution in [0.4, 0.5) is 10.1 Å². The molecule has 1 atom stereocenters. The number of hydrogen-bond donors (Lipinski definition) is 3. The van der Waals surface area contributed by atoms with Gasteiger partial charge in [-0.3, -0.25) is 4.79 Å². The lowest BCUT2D eigenvalue weighted by Gasteiger charge is -2.30. The van der Waals surface area contributed by atoms with Crippen LogP contribution in [-0.2, 0) is 4.79 Å². The highest BCUT2D eigenvalue weighted by molar-refractivity contribution is 7.80. The number of anilines is 1. The maximum atomic E-state index is 13.3. The van der Waals surface area contributed by atoms with E-state index in [0.29, 0.717) is 16.4 Å². The zero-order valence-corrected chi connectivity index (χ0v) is 15.6. The van der Waals surface area contributed by atoms with Gasteiger partial charge in [0.1, 0.15) is 5.82 Å². The van der Waals surface area contributed by atoms with Gasteiger partial charge < -0.3 is 16.0 Å². The molecule has 2 aromatic carbocycles. The first-order chi connectivity index (χ1) is 12.3. The molecule has 0 bridgehead atoms. The van der Waals surface area contributed by atoms with Crippen LogP contribution >= 0.6 is 12.2 Å². The minimum Gasteiger partial charge on any atom is -0.351 e. The first kappa shape index (κ1) is 18.1. The Morgan fingerprint density at radius 3 is 2.42 bits per heavy atom. The molecule has 1 heterocycles. The smallest absolute Gasteiger partial charge is 0.255 e. The average molecular weight is 369 g/mol. The lowest BCUT2D eigenvalue weighted by atomic mass is 9.95. The number of allylic oxidation sites excluding steroid dienone is 1. The maximum absolute atomic E-state index is 13.3. The molecule has 1 aliphatic rings. The molecule has 2 aromatic rings. The van der Waals surface area contributed by atoms with Gasteiger partial charge in [-0.15, -0.1) is 0 Å². The maximum Gasteiger partial charge on any atom is 0.255 e. The summed E-state index contributed by atoms with van der Waals surface area (Å²) in [6.07, 6.45) is 0. The van der Waals surface area contributed by atoms with E-state index in [1.54, 1.807) is 19.1 Å². The second-order valence-corrected chi connectivity index (χ2v) is 6.78. The number of amides is 1. The number of rotatable bonds is 3. The number of carbonyl (C=O) groups is 1. The summed E-state index contributed by atoms with van der Waals surface area (Å²) in [6.45, 7) is 5.83. The molecule has 4 nitrogen and oxygen atoms in total. The highest BCUT2D eigenvalue weighted by atomic mass is 32.1. The van der Waals surface area contributed by atoms with Crippen molar-refractivity contribution < 1.29 is 9.18 Å². The summed E-state index contributed by atoms with van der Waals surface area (Å²) in [5.41, 5.74) is 4.94. The molecule has 0 fully saturated rings. The summed E-state index contributed by atoms with van der Waals surface area (Å²) in [7, 11) is 0. The van der Waals surface area contributed by atoms with Gasteiger partial charge in [-0.1, -0.05) is 18.2 Å². The molecular formula is C20H20FN3OS. The number of nitrogens with one attached hydrogen (secondary N) is 3. The minimum absolute atomic E-state index is 0.234. The van der Waals surface area contributed by atoms with Crippen molar-refractivity contribution >= 4 is 28.9 Å². The van der Waals surface area contributed by atoms with Gasteiger partial charge in [0.2, 0.25) is 0 Å². The fraction of sp³-hybridized carbons (Fsp3) is 0.200. The third-order valence-corrected chi connectivity index (χ3v) is 4.70. The van der Waals surface area contributed by atoms with Crippen LogP contribution in [0.2, 0.25) is 0 Å². The summed E-state index contributed by atoms with van der Waals surface area (Å²) >= 11 is 5.22. The van der Waals surface area contributed by atoms with E-state index in [0.717, 1.165) is 22.4 Å². The summed E-state index contributed by atoms with van der Waals surface area (Å²) in [5.74, 6) is -0.560. The molecule has 26 heavy (non-hydrogen) atoms. The molecule has 1 unspecified atom stereocenters. The van der Waals surface area contributed by atoms with Crippen LogP contribution in [0.25, 0.3) is 0 Å². The van der Waals surface area contributed by atoms with Crippen molar-refractivity contribution in [3.63, 3.8) is 0 Å². The first-order valence-electron chi connectivity index (χ1n) is 8.27. The number of benzene rings is 2. The highest BCUT2D eigenvalue weighted by Gasteiger charge is 2.29. The molecule has 3 rings (SSSR count). The third kappa shape index (κ3) is 3.75. The topological polar surface area (TPSA) is 53.2 Å². The summed E-state index contributed by atoms with van der Waals surface area (Å²) in [4.78, 5) is 13.0. The molecule has 6 heteroatoms. The Labute approximate surface area is 157 Å². The van der Waals surface area contributed by atoms with Crippen molar-refractivity contribution in [2.24, 2.45) is 0 Å². The van der Waals surface area contributed by atoms with E-state index in [-0.39, 0.29) is 11.7 Å². The van der Waals surface area contributed by atoms with Crippen LogP contribution in [0.5, 0.6) is 0 Å². The van der Waals surface area contributed by atoms with Gasteiger partial charge >= 0.3 is 0 Å². The van der Waals surface area contributed by atoms with E-state index in [1.807, 2.05) is 32.0 Å². The number of carbonyl (C=O) groups excluding carboxylic acids is 1. The molecule has 0 spiro atoms. The molecular weight excluding hydrogens is 349 g/mol. The fourth-order valence-electron chi connectivity index (χ4n) is 2.92. The highest BCUT2D eigenvalue weighted by Crippen LogP contribution is 2.28. The van der Waals surface area contributed by atoms with Gasteiger partial charge in [-0.25, -0.2) is 4.39 Å². The van der Waals surface area contributed by atoms with Gasteiger partial charge in [0.05, 0.1) is 11.6 Å². The van der Waals surface area contributed by atoms with E-state index in [2.05, 4.69) is 16.0 Å². The van der Waals surface area contributed by atoms with Gasteiger partial charge in [0.15, 0.2) is 5.11 Å². The monoisotopic (exact) mass is 369 g/mol. The Hall–Kier alpha value is -2.73. The molecule has 0 aromatic heterocycles. The van der Waals surface area contributed by atoms with Crippen molar-refractivity contribution in [1.29, 1.82) is 0 Å². The Bertz CT molecular complexity index is 906. The van der Waals surface area contributed by atoms with Gasteiger partial charge in [0, 0.05) is 11.4 Å². The zero-order valence-electron chi connectivity index (χ0n) is 14.8. The Balaban J connectivity index is 1.93. The quantitative estimate of drug-likeness (QED) is 0.719. The second kappa shape index (κ2) is 7.25. The molecule has 1 aliphatic heterocycles. The van der Waals surface area contributed by atoms with Crippen molar-refractivity contribution in [1.82, 2.24) is 10.6 Å². The summed E-state index contributed by atoms with van der Waals surface area (Å²) in [5, 5.41) is 9.46. The van der Waals surface area contributed by atoms with E-state index < -0.39 is 6.04 Å².